The normalized spacial score (nSPS) is 10.4. The van der Waals surface area contributed by atoms with Gasteiger partial charge in [0.25, 0.3) is 0 Å². The van der Waals surface area contributed by atoms with Crippen molar-refractivity contribution in [2.24, 2.45) is 0 Å². The van der Waals surface area contributed by atoms with Crippen molar-refractivity contribution in [1.82, 2.24) is 0 Å². The molecule has 2 aromatic carbocycles. The molecule has 0 aliphatic carbocycles. The smallest absolute Gasteiger partial charge is 0.438 e. The number of aryl methyl sites for hydroxylation is 2. The second-order valence-corrected chi connectivity index (χ2v) is 5.67. The van der Waals surface area contributed by atoms with Crippen LogP contribution in [0.15, 0.2) is 36.4 Å². The molecule has 2 rings (SSSR count). The van der Waals surface area contributed by atoms with Crippen LogP contribution in [0.25, 0.3) is 0 Å². The van der Waals surface area contributed by atoms with Gasteiger partial charge < -0.3 is 9.47 Å². The number of carbonyl (C=O) groups excluding carboxylic acids is 1. The fourth-order valence-electron chi connectivity index (χ4n) is 2.29. The van der Waals surface area contributed by atoms with Gasteiger partial charge in [0.2, 0.25) is 0 Å². The lowest BCUT2D eigenvalue weighted by atomic mass is 10.1. The van der Waals surface area contributed by atoms with Crippen molar-refractivity contribution >= 4 is 23.4 Å². The van der Waals surface area contributed by atoms with E-state index in [0.717, 1.165) is 17.5 Å². The van der Waals surface area contributed by atoms with E-state index in [1.807, 2.05) is 31.2 Å². The summed E-state index contributed by atoms with van der Waals surface area (Å²) in [5.41, 5.74) is 2.97. The van der Waals surface area contributed by atoms with E-state index in [1.54, 1.807) is 12.1 Å². The molecule has 0 fully saturated rings. The van der Waals surface area contributed by atoms with Gasteiger partial charge in [-0.1, -0.05) is 36.7 Å². The molecule has 1 amide bonds. The second kappa shape index (κ2) is 8.04. The van der Waals surface area contributed by atoms with Crippen LogP contribution in [0.3, 0.4) is 0 Å². The molecule has 1 N–H and O–H groups in total. The van der Waals surface area contributed by atoms with Crippen molar-refractivity contribution in [2.75, 3.05) is 12.2 Å². The average molecular weight is 350 g/mol. The first-order chi connectivity index (χ1) is 11.5. The predicted molar refractivity (Wildman–Crippen MR) is 93.0 cm³/mol. The summed E-state index contributed by atoms with van der Waals surface area (Å²) in [6.07, 6.45) is 0.0211. The molecule has 128 valence electrons. The minimum Gasteiger partial charge on any atom is -0.487 e. The fraction of sp³-hybridized carbons (Fsp3) is 0.278. The third-order valence-electron chi connectivity index (χ3n) is 3.74. The topological polar surface area (TPSA) is 59.0 Å². The number of carbonyl (C=O) groups is 1. The van der Waals surface area contributed by atoms with Crippen molar-refractivity contribution in [1.29, 1.82) is 0 Å². The monoisotopic (exact) mass is 349 g/mol. The predicted octanol–water partition coefficient (Wildman–Crippen LogP) is 4.75. The Bertz CT molecular complexity index is 733. The first-order valence-electron chi connectivity index (χ1n) is 7.54. The summed E-state index contributed by atoms with van der Waals surface area (Å²) in [7, 11) is 1.20. The molecule has 0 unspecified atom stereocenters. The van der Waals surface area contributed by atoms with Crippen LogP contribution in [-0.2, 0) is 17.8 Å². The zero-order chi connectivity index (χ0) is 17.7. The molecule has 0 saturated heterocycles. The van der Waals surface area contributed by atoms with Gasteiger partial charge in [-0.15, -0.1) is 0 Å². The van der Waals surface area contributed by atoms with Crippen LogP contribution in [0.5, 0.6) is 5.75 Å². The van der Waals surface area contributed by atoms with E-state index >= 15 is 0 Å². The van der Waals surface area contributed by atoms with Gasteiger partial charge in [0.05, 0.1) is 17.8 Å². The molecule has 0 aliphatic rings. The van der Waals surface area contributed by atoms with E-state index in [9.17, 15) is 10.0 Å². The van der Waals surface area contributed by atoms with Crippen LogP contribution in [0.1, 0.15) is 23.6 Å². The number of benzene rings is 2. The second-order valence-electron chi connectivity index (χ2n) is 5.26. The number of hydrogen-bond donors (Lipinski definition) is 1. The van der Waals surface area contributed by atoms with Crippen LogP contribution in [0, 0.1) is 6.92 Å². The standard InChI is InChI=1S/C18H20ClNO4/c1-4-13-8-9-17(15(19)10-13)24-11-14-12(2)6-5-7-16(14)20(22)18(21)23-3/h5-10,22H,4,11H2,1-3H3. The Morgan fingerprint density at radius 2 is 2.04 bits per heavy atom. The molecule has 0 bridgehead atoms. The average Bonchev–Trinajstić information content (AvgIpc) is 2.59. The van der Waals surface area contributed by atoms with Crippen LogP contribution < -0.4 is 9.80 Å². The first-order valence-corrected chi connectivity index (χ1v) is 7.92. The third kappa shape index (κ3) is 3.99. The minimum absolute atomic E-state index is 0.154. The van der Waals surface area contributed by atoms with Crippen molar-refractivity contribution in [2.45, 2.75) is 26.9 Å². The minimum atomic E-state index is -0.868. The van der Waals surface area contributed by atoms with E-state index in [-0.39, 0.29) is 6.61 Å². The molecule has 24 heavy (non-hydrogen) atoms. The Balaban J connectivity index is 2.25. The Hall–Kier alpha value is -2.24. The number of anilines is 1. The summed E-state index contributed by atoms with van der Waals surface area (Å²) in [6, 6.07) is 10.9. The largest absolute Gasteiger partial charge is 0.487 e. The van der Waals surface area contributed by atoms with Crippen molar-refractivity contribution < 1.29 is 19.5 Å². The van der Waals surface area contributed by atoms with E-state index in [4.69, 9.17) is 16.3 Å². The molecule has 0 heterocycles. The van der Waals surface area contributed by atoms with Crippen molar-refractivity contribution in [3.05, 3.63) is 58.1 Å². The van der Waals surface area contributed by atoms with Crippen LogP contribution in [0.2, 0.25) is 5.02 Å². The van der Waals surface area contributed by atoms with Gasteiger partial charge in [-0.25, -0.2) is 4.79 Å². The molecular formula is C18H20ClNO4. The maximum Gasteiger partial charge on any atom is 0.438 e. The molecule has 0 aliphatic heterocycles. The van der Waals surface area contributed by atoms with Crippen LogP contribution in [-0.4, -0.2) is 18.4 Å². The van der Waals surface area contributed by atoms with E-state index < -0.39 is 6.09 Å². The number of hydrogen-bond acceptors (Lipinski definition) is 4. The quantitative estimate of drug-likeness (QED) is 0.625. The van der Waals surface area contributed by atoms with Gasteiger partial charge in [-0.05, 0) is 42.7 Å². The van der Waals surface area contributed by atoms with Gasteiger partial charge in [-0.3, -0.25) is 5.21 Å². The molecule has 0 radical (unpaired) electrons. The lowest BCUT2D eigenvalue weighted by Crippen LogP contribution is -2.28. The zero-order valence-corrected chi connectivity index (χ0v) is 14.6. The molecule has 6 heteroatoms. The number of amides is 1. The highest BCUT2D eigenvalue weighted by atomic mass is 35.5. The number of methoxy groups -OCH3 is 1. The summed E-state index contributed by atoms with van der Waals surface area (Å²) in [5, 5.41) is 11.0. The van der Waals surface area contributed by atoms with Crippen LogP contribution in [0.4, 0.5) is 10.5 Å². The van der Waals surface area contributed by atoms with Gasteiger partial charge in [0.15, 0.2) is 0 Å². The highest BCUT2D eigenvalue weighted by Gasteiger charge is 2.19. The third-order valence-corrected chi connectivity index (χ3v) is 4.03. The summed E-state index contributed by atoms with van der Waals surface area (Å²) < 4.78 is 10.3. The van der Waals surface area contributed by atoms with Gasteiger partial charge in [-0.2, -0.15) is 5.06 Å². The number of rotatable bonds is 5. The van der Waals surface area contributed by atoms with E-state index in [2.05, 4.69) is 11.7 Å². The Kier molecular flexibility index (Phi) is 6.06. The van der Waals surface area contributed by atoms with Gasteiger partial charge in [0, 0.05) is 5.56 Å². The van der Waals surface area contributed by atoms with E-state index in [1.165, 1.54) is 7.11 Å². The highest BCUT2D eigenvalue weighted by molar-refractivity contribution is 6.32. The number of halogens is 1. The number of nitrogens with zero attached hydrogens (tertiary/aromatic N) is 1. The number of hydroxylamine groups is 1. The summed E-state index contributed by atoms with van der Waals surface area (Å²) in [4.78, 5) is 11.6. The lowest BCUT2D eigenvalue weighted by molar-refractivity contribution is 0.140. The molecule has 0 spiro atoms. The molecule has 0 atom stereocenters. The fourth-order valence-corrected chi connectivity index (χ4v) is 2.55. The van der Waals surface area contributed by atoms with Gasteiger partial charge >= 0.3 is 6.09 Å². The first kappa shape index (κ1) is 18.1. The van der Waals surface area contributed by atoms with E-state index in [0.29, 0.717) is 27.1 Å². The molecule has 0 aromatic heterocycles. The molecule has 0 saturated carbocycles. The Morgan fingerprint density at radius 1 is 1.29 bits per heavy atom. The highest BCUT2D eigenvalue weighted by Crippen LogP contribution is 2.29. The zero-order valence-electron chi connectivity index (χ0n) is 13.9. The Morgan fingerprint density at radius 3 is 2.67 bits per heavy atom. The van der Waals surface area contributed by atoms with Crippen molar-refractivity contribution in [3.63, 3.8) is 0 Å². The lowest BCUT2D eigenvalue weighted by Gasteiger charge is -2.19. The number of ether oxygens (including phenoxy) is 2. The Labute approximate surface area is 146 Å². The molecule has 5 nitrogen and oxygen atoms in total. The molecule has 2 aromatic rings. The summed E-state index contributed by atoms with van der Waals surface area (Å²) >= 11 is 6.23. The van der Waals surface area contributed by atoms with Crippen LogP contribution >= 0.6 is 11.6 Å². The SMILES string of the molecule is CCc1ccc(OCc2c(C)cccc2N(O)C(=O)OC)c(Cl)c1. The van der Waals surface area contributed by atoms with Crippen molar-refractivity contribution in [3.8, 4) is 5.75 Å². The maximum absolute atomic E-state index is 11.6. The summed E-state index contributed by atoms with van der Waals surface area (Å²) in [6.45, 7) is 4.07. The summed E-state index contributed by atoms with van der Waals surface area (Å²) in [5.74, 6) is 0.547. The maximum atomic E-state index is 11.6. The molecular weight excluding hydrogens is 330 g/mol. The van der Waals surface area contributed by atoms with Gasteiger partial charge in [0.1, 0.15) is 12.4 Å².